The molecule has 0 unspecified atom stereocenters. The van der Waals surface area contributed by atoms with Gasteiger partial charge in [0.15, 0.2) is 11.5 Å². The fraction of sp³-hybridized carbons (Fsp3) is 0.316. The zero-order valence-corrected chi connectivity index (χ0v) is 13.8. The van der Waals surface area contributed by atoms with Crippen LogP contribution in [0.3, 0.4) is 0 Å². The third kappa shape index (κ3) is 2.78. The minimum atomic E-state index is -0.776. The van der Waals surface area contributed by atoms with Gasteiger partial charge in [-0.05, 0) is 35.2 Å². The first-order valence-electron chi connectivity index (χ1n) is 8.19. The SMILES string of the molecule is COc1cc(CN[C@@H]2C[C@H](C(=O)O)c3ccccc32)cc2c1OCO2. The van der Waals surface area contributed by atoms with E-state index >= 15 is 0 Å². The number of fused-ring (bicyclic) bond motifs is 2. The molecule has 6 nitrogen and oxygen atoms in total. The van der Waals surface area contributed by atoms with Crippen molar-refractivity contribution in [2.24, 2.45) is 0 Å². The van der Waals surface area contributed by atoms with Crippen LogP contribution >= 0.6 is 0 Å². The van der Waals surface area contributed by atoms with Gasteiger partial charge in [-0.1, -0.05) is 24.3 Å². The predicted octanol–water partition coefficient (Wildman–Crippen LogP) is 2.83. The highest BCUT2D eigenvalue weighted by molar-refractivity contribution is 5.78. The smallest absolute Gasteiger partial charge is 0.311 e. The molecule has 0 saturated heterocycles. The summed E-state index contributed by atoms with van der Waals surface area (Å²) in [6.07, 6.45) is 0.552. The number of aliphatic carboxylic acids is 1. The number of carboxylic acids is 1. The van der Waals surface area contributed by atoms with Gasteiger partial charge in [0.25, 0.3) is 0 Å². The van der Waals surface area contributed by atoms with Crippen LogP contribution < -0.4 is 19.5 Å². The molecule has 0 saturated carbocycles. The highest BCUT2D eigenvalue weighted by Crippen LogP contribution is 2.43. The van der Waals surface area contributed by atoms with Crippen molar-refractivity contribution in [3.05, 3.63) is 53.1 Å². The Bertz CT molecular complexity index is 819. The average molecular weight is 341 g/mol. The molecule has 0 spiro atoms. The fourth-order valence-corrected chi connectivity index (χ4v) is 3.59. The Balaban J connectivity index is 1.54. The molecule has 2 aromatic rings. The van der Waals surface area contributed by atoms with Gasteiger partial charge < -0.3 is 24.6 Å². The van der Waals surface area contributed by atoms with E-state index in [0.717, 1.165) is 16.7 Å². The maximum atomic E-state index is 11.5. The first-order chi connectivity index (χ1) is 12.2. The van der Waals surface area contributed by atoms with E-state index in [9.17, 15) is 9.90 Å². The highest BCUT2D eigenvalue weighted by atomic mass is 16.7. The average Bonchev–Trinajstić information content (AvgIpc) is 3.23. The van der Waals surface area contributed by atoms with E-state index in [0.29, 0.717) is 30.2 Å². The Hall–Kier alpha value is -2.73. The van der Waals surface area contributed by atoms with Crippen LogP contribution in [0, 0.1) is 0 Å². The van der Waals surface area contributed by atoms with Crippen LogP contribution in [0.2, 0.25) is 0 Å². The zero-order chi connectivity index (χ0) is 17.4. The van der Waals surface area contributed by atoms with Crippen LogP contribution in [0.1, 0.15) is 35.1 Å². The monoisotopic (exact) mass is 341 g/mol. The number of rotatable bonds is 5. The second-order valence-corrected chi connectivity index (χ2v) is 6.22. The maximum absolute atomic E-state index is 11.5. The number of carbonyl (C=O) groups is 1. The molecule has 1 aliphatic carbocycles. The largest absolute Gasteiger partial charge is 0.493 e. The lowest BCUT2D eigenvalue weighted by Gasteiger charge is -2.15. The minimum Gasteiger partial charge on any atom is -0.493 e. The molecule has 25 heavy (non-hydrogen) atoms. The molecule has 2 N–H and O–H groups in total. The van der Waals surface area contributed by atoms with Crippen LogP contribution in [-0.2, 0) is 11.3 Å². The topological polar surface area (TPSA) is 77.0 Å². The standard InChI is InChI=1S/C19H19NO5/c1-23-16-6-11(7-17-18(16)25-10-24-17)9-20-15-8-14(19(21)22)12-4-2-3-5-13(12)15/h2-7,14-15,20H,8-10H2,1H3,(H,21,22)/t14-,15+/m0/s1. The van der Waals surface area contributed by atoms with Gasteiger partial charge in [-0.3, -0.25) is 4.79 Å². The molecule has 1 heterocycles. The molecule has 0 amide bonds. The number of hydrogen-bond acceptors (Lipinski definition) is 5. The molecule has 130 valence electrons. The Kier molecular flexibility index (Phi) is 3.97. The normalized spacial score (nSPS) is 20.4. The van der Waals surface area contributed by atoms with Crippen molar-refractivity contribution in [1.29, 1.82) is 0 Å². The molecule has 1 aliphatic heterocycles. The molecule has 2 aliphatic rings. The van der Waals surface area contributed by atoms with Crippen molar-refractivity contribution < 1.29 is 24.1 Å². The number of benzene rings is 2. The second-order valence-electron chi connectivity index (χ2n) is 6.22. The predicted molar refractivity (Wildman–Crippen MR) is 90.1 cm³/mol. The minimum absolute atomic E-state index is 0.00807. The molecule has 4 rings (SSSR count). The Morgan fingerprint density at radius 2 is 2.08 bits per heavy atom. The van der Waals surface area contributed by atoms with Crippen molar-refractivity contribution in [2.45, 2.75) is 24.9 Å². The second kappa shape index (κ2) is 6.29. The highest BCUT2D eigenvalue weighted by Gasteiger charge is 2.34. The van der Waals surface area contributed by atoms with Gasteiger partial charge in [-0.25, -0.2) is 0 Å². The van der Waals surface area contributed by atoms with E-state index in [1.54, 1.807) is 7.11 Å². The lowest BCUT2D eigenvalue weighted by Crippen LogP contribution is -2.19. The number of methoxy groups -OCH3 is 1. The van der Waals surface area contributed by atoms with Gasteiger partial charge in [0.1, 0.15) is 0 Å². The molecule has 2 aromatic carbocycles. The number of hydrogen-bond donors (Lipinski definition) is 2. The van der Waals surface area contributed by atoms with Crippen molar-refractivity contribution in [3.63, 3.8) is 0 Å². The van der Waals surface area contributed by atoms with Crippen molar-refractivity contribution in [3.8, 4) is 17.2 Å². The summed E-state index contributed by atoms with van der Waals surface area (Å²) in [6.45, 7) is 0.775. The molecular weight excluding hydrogens is 322 g/mol. The molecular formula is C19H19NO5. The lowest BCUT2D eigenvalue weighted by molar-refractivity contribution is -0.138. The van der Waals surface area contributed by atoms with Crippen LogP contribution in [0.4, 0.5) is 0 Å². The van der Waals surface area contributed by atoms with Crippen LogP contribution in [-0.4, -0.2) is 25.0 Å². The number of nitrogens with one attached hydrogen (secondary N) is 1. The molecule has 0 aromatic heterocycles. The first kappa shape index (κ1) is 15.8. The van der Waals surface area contributed by atoms with Gasteiger partial charge in [0.2, 0.25) is 12.5 Å². The van der Waals surface area contributed by atoms with Gasteiger partial charge in [0, 0.05) is 12.6 Å². The summed E-state index contributed by atoms with van der Waals surface area (Å²) in [7, 11) is 1.60. The Morgan fingerprint density at radius 3 is 2.84 bits per heavy atom. The molecule has 0 bridgehead atoms. The summed E-state index contributed by atoms with van der Waals surface area (Å²) in [6, 6.07) is 11.6. The van der Waals surface area contributed by atoms with E-state index in [2.05, 4.69) is 5.32 Å². The third-order valence-electron chi connectivity index (χ3n) is 4.79. The number of ether oxygens (including phenoxy) is 3. The van der Waals surface area contributed by atoms with Gasteiger partial charge in [0.05, 0.1) is 13.0 Å². The molecule has 2 atom stereocenters. The van der Waals surface area contributed by atoms with Crippen molar-refractivity contribution in [1.82, 2.24) is 5.32 Å². The summed E-state index contributed by atoms with van der Waals surface area (Å²) in [5.74, 6) is 0.707. The van der Waals surface area contributed by atoms with Crippen LogP contribution in [0.25, 0.3) is 0 Å². The summed E-state index contributed by atoms with van der Waals surface area (Å²) in [4.78, 5) is 11.5. The lowest BCUT2D eigenvalue weighted by atomic mass is 10.0. The van der Waals surface area contributed by atoms with Crippen LogP contribution in [0.5, 0.6) is 17.2 Å². The van der Waals surface area contributed by atoms with E-state index in [1.807, 2.05) is 36.4 Å². The zero-order valence-electron chi connectivity index (χ0n) is 13.8. The maximum Gasteiger partial charge on any atom is 0.311 e. The van der Waals surface area contributed by atoms with E-state index in [4.69, 9.17) is 14.2 Å². The van der Waals surface area contributed by atoms with E-state index in [-0.39, 0.29) is 12.8 Å². The molecule has 6 heteroatoms. The summed E-state index contributed by atoms with van der Waals surface area (Å²) in [5.41, 5.74) is 2.95. The molecule has 0 radical (unpaired) electrons. The first-order valence-corrected chi connectivity index (χ1v) is 8.19. The quantitative estimate of drug-likeness (QED) is 0.871. The summed E-state index contributed by atoms with van der Waals surface area (Å²) in [5, 5.41) is 12.9. The fourth-order valence-electron chi connectivity index (χ4n) is 3.59. The third-order valence-corrected chi connectivity index (χ3v) is 4.79. The van der Waals surface area contributed by atoms with Crippen LogP contribution in [0.15, 0.2) is 36.4 Å². The van der Waals surface area contributed by atoms with Gasteiger partial charge >= 0.3 is 5.97 Å². The van der Waals surface area contributed by atoms with E-state index < -0.39 is 11.9 Å². The van der Waals surface area contributed by atoms with Crippen molar-refractivity contribution in [2.75, 3.05) is 13.9 Å². The Labute approximate surface area is 145 Å². The van der Waals surface area contributed by atoms with Crippen molar-refractivity contribution >= 4 is 5.97 Å². The molecule has 0 fully saturated rings. The summed E-state index contributed by atoms with van der Waals surface area (Å²) < 4.78 is 16.2. The van der Waals surface area contributed by atoms with Gasteiger partial charge in [-0.15, -0.1) is 0 Å². The van der Waals surface area contributed by atoms with Gasteiger partial charge in [-0.2, -0.15) is 0 Å². The Morgan fingerprint density at radius 1 is 1.28 bits per heavy atom. The van der Waals surface area contributed by atoms with E-state index in [1.165, 1.54) is 0 Å². The number of carboxylic acid groups (broad SMARTS) is 1. The summed E-state index contributed by atoms with van der Waals surface area (Å²) >= 11 is 0.